The van der Waals surface area contributed by atoms with Gasteiger partial charge in [-0.25, -0.2) is 4.79 Å². The molecule has 35 heavy (non-hydrogen) atoms. The third kappa shape index (κ3) is 5.05. The van der Waals surface area contributed by atoms with E-state index in [1.54, 1.807) is 30.3 Å². The van der Waals surface area contributed by atoms with Crippen molar-refractivity contribution in [3.8, 4) is 22.6 Å². The number of piperidine rings is 3. The largest absolute Gasteiger partial charge is 0.573 e. The first-order valence-electron chi connectivity index (χ1n) is 11.9. The lowest BCUT2D eigenvalue weighted by Crippen LogP contribution is -2.53. The van der Waals surface area contributed by atoms with E-state index in [9.17, 15) is 18.0 Å². The van der Waals surface area contributed by atoms with Crippen molar-refractivity contribution in [2.24, 2.45) is 11.3 Å². The molecule has 0 radical (unpaired) electrons. The van der Waals surface area contributed by atoms with Crippen molar-refractivity contribution in [2.45, 2.75) is 45.2 Å². The van der Waals surface area contributed by atoms with E-state index in [1.165, 1.54) is 12.1 Å². The van der Waals surface area contributed by atoms with Gasteiger partial charge in [-0.1, -0.05) is 44.2 Å². The summed E-state index contributed by atoms with van der Waals surface area (Å²) in [6.45, 7) is 7.21. The Hall–Kier alpha value is -2.94. The summed E-state index contributed by atoms with van der Waals surface area (Å²) in [5.74, 6) is 0.630. The van der Waals surface area contributed by atoms with Crippen molar-refractivity contribution in [3.05, 3.63) is 48.0 Å². The fourth-order valence-corrected chi connectivity index (χ4v) is 5.36. The molecule has 3 saturated heterocycles. The highest BCUT2D eigenvalue weighted by molar-refractivity contribution is 5.73. The van der Waals surface area contributed by atoms with Gasteiger partial charge in [-0.2, -0.15) is 0 Å². The van der Waals surface area contributed by atoms with Crippen LogP contribution < -0.4 is 14.8 Å². The lowest BCUT2D eigenvalue weighted by atomic mass is 9.78. The van der Waals surface area contributed by atoms with E-state index in [0.29, 0.717) is 29.4 Å². The third-order valence-electron chi connectivity index (χ3n) is 7.25. The monoisotopic (exact) mass is 490 g/mol. The highest BCUT2D eigenvalue weighted by atomic mass is 19.4. The predicted octanol–water partition coefficient (Wildman–Crippen LogP) is 5.53. The zero-order valence-electron chi connectivity index (χ0n) is 19.7. The molecule has 1 unspecified atom stereocenters. The van der Waals surface area contributed by atoms with Gasteiger partial charge >= 0.3 is 12.5 Å². The molecule has 0 spiro atoms. The summed E-state index contributed by atoms with van der Waals surface area (Å²) in [5.41, 5.74) is 1.16. The van der Waals surface area contributed by atoms with E-state index >= 15 is 0 Å². The number of hydrogen-bond acceptors (Lipinski definition) is 5. The number of fused-ring (bicyclic) bond motifs is 4. The number of amides is 1. The summed E-state index contributed by atoms with van der Waals surface area (Å²) >= 11 is 0. The molecule has 4 aliphatic rings. The summed E-state index contributed by atoms with van der Waals surface area (Å²) in [6.07, 6.45) is -3.26. The summed E-state index contributed by atoms with van der Waals surface area (Å²) in [4.78, 5) is 15.2. The van der Waals surface area contributed by atoms with Crippen molar-refractivity contribution < 1.29 is 32.2 Å². The lowest BCUT2D eigenvalue weighted by Gasteiger charge is -2.44. The number of alkyl carbamates (subject to hydrolysis) is 1. The van der Waals surface area contributed by atoms with Crippen molar-refractivity contribution in [3.63, 3.8) is 0 Å². The number of hydrogen-bond donors (Lipinski definition) is 1. The normalized spacial score (nSPS) is 26.9. The first-order valence-corrected chi connectivity index (χ1v) is 11.9. The molecule has 9 heteroatoms. The standard InChI is InChI=1S/C26H29F3N2O4/c1-25(2)15-33-21-13-17(18-5-3-4-6-20(18)35-26(27,28)29)7-8-19(21)23(25)30-24(32)34-22-14-31-11-9-16(22)10-12-31/h3-8,13,16,22-23H,9-12,14-15H2,1-2H3,(H,30,32)/t22-,23?/m0/s1. The molecule has 0 saturated carbocycles. The highest BCUT2D eigenvalue weighted by Gasteiger charge is 2.41. The van der Waals surface area contributed by atoms with Crippen LogP contribution in [-0.4, -0.2) is 49.7 Å². The molecule has 1 N–H and O–H groups in total. The first-order chi connectivity index (χ1) is 16.6. The smallest absolute Gasteiger partial charge is 0.493 e. The van der Waals surface area contributed by atoms with Gasteiger partial charge in [0.1, 0.15) is 17.6 Å². The van der Waals surface area contributed by atoms with Gasteiger partial charge in [0, 0.05) is 23.1 Å². The zero-order valence-corrected chi connectivity index (χ0v) is 19.7. The molecule has 6 nitrogen and oxygen atoms in total. The number of halogens is 3. The Morgan fingerprint density at radius 2 is 1.89 bits per heavy atom. The topological polar surface area (TPSA) is 60.0 Å². The maximum absolute atomic E-state index is 12.9. The van der Waals surface area contributed by atoms with Crippen molar-refractivity contribution in [1.82, 2.24) is 10.2 Å². The number of ether oxygens (including phenoxy) is 3. The molecule has 4 aliphatic heterocycles. The molecule has 0 aliphatic carbocycles. The Morgan fingerprint density at radius 1 is 1.14 bits per heavy atom. The molecule has 2 aromatic rings. The van der Waals surface area contributed by atoms with Crippen LogP contribution in [0, 0.1) is 11.3 Å². The Bertz CT molecular complexity index is 1100. The van der Waals surface area contributed by atoms with Crippen LogP contribution in [0.25, 0.3) is 11.1 Å². The Kier molecular flexibility index (Phi) is 6.07. The minimum Gasteiger partial charge on any atom is -0.493 e. The van der Waals surface area contributed by atoms with E-state index < -0.39 is 17.9 Å². The molecule has 6 rings (SSSR count). The number of alkyl halides is 3. The molecule has 2 bridgehead atoms. The fourth-order valence-electron chi connectivity index (χ4n) is 5.36. The molecule has 2 atom stereocenters. The lowest BCUT2D eigenvalue weighted by molar-refractivity contribution is -0.274. The Morgan fingerprint density at radius 3 is 2.57 bits per heavy atom. The van der Waals surface area contributed by atoms with Crippen molar-refractivity contribution in [1.29, 1.82) is 0 Å². The van der Waals surface area contributed by atoms with Crippen LogP contribution in [0.5, 0.6) is 11.5 Å². The van der Waals surface area contributed by atoms with Gasteiger partial charge in [-0.05, 0) is 49.5 Å². The van der Waals surface area contributed by atoms with Gasteiger partial charge in [-0.3, -0.25) is 4.90 Å². The van der Waals surface area contributed by atoms with E-state index in [2.05, 4.69) is 15.0 Å². The predicted molar refractivity (Wildman–Crippen MR) is 123 cm³/mol. The Balaban J connectivity index is 1.37. The number of carbonyl (C=O) groups excluding carboxylic acids is 1. The quantitative estimate of drug-likeness (QED) is 0.611. The fraction of sp³-hybridized carbons (Fsp3) is 0.500. The number of benzene rings is 2. The van der Waals surface area contributed by atoms with Crippen molar-refractivity contribution >= 4 is 6.09 Å². The van der Waals surface area contributed by atoms with Gasteiger partial charge in [0.25, 0.3) is 0 Å². The zero-order chi connectivity index (χ0) is 24.8. The second-order valence-electron chi connectivity index (χ2n) is 10.2. The molecule has 188 valence electrons. The van der Waals surface area contributed by atoms with Crippen LogP contribution in [0.2, 0.25) is 0 Å². The summed E-state index contributed by atoms with van der Waals surface area (Å²) in [5, 5.41) is 3.04. The molecular weight excluding hydrogens is 461 g/mol. The van der Waals surface area contributed by atoms with E-state index in [4.69, 9.17) is 9.47 Å². The average molecular weight is 491 g/mol. The van der Waals surface area contributed by atoms with Gasteiger partial charge < -0.3 is 19.5 Å². The minimum atomic E-state index is -4.80. The van der Waals surface area contributed by atoms with E-state index in [1.807, 2.05) is 13.8 Å². The molecular formula is C26H29F3N2O4. The van der Waals surface area contributed by atoms with Gasteiger partial charge in [0.05, 0.1) is 12.6 Å². The maximum atomic E-state index is 12.9. The Labute approximate surface area is 202 Å². The van der Waals surface area contributed by atoms with Crippen molar-refractivity contribution in [2.75, 3.05) is 26.2 Å². The molecule has 1 amide bonds. The molecule has 2 aromatic carbocycles. The van der Waals surface area contributed by atoms with Crippen LogP contribution in [0.4, 0.5) is 18.0 Å². The number of nitrogens with one attached hydrogen (secondary N) is 1. The van der Waals surface area contributed by atoms with Crippen LogP contribution >= 0.6 is 0 Å². The third-order valence-corrected chi connectivity index (χ3v) is 7.25. The summed E-state index contributed by atoms with van der Waals surface area (Å²) in [6, 6.07) is 10.8. The van der Waals surface area contributed by atoms with Crippen LogP contribution in [0.15, 0.2) is 42.5 Å². The molecule has 0 aromatic heterocycles. The van der Waals surface area contributed by atoms with Gasteiger partial charge in [-0.15, -0.1) is 13.2 Å². The van der Waals surface area contributed by atoms with Crippen LogP contribution in [0.3, 0.4) is 0 Å². The van der Waals surface area contributed by atoms with E-state index in [0.717, 1.165) is 38.0 Å². The van der Waals surface area contributed by atoms with Gasteiger partial charge in [0.15, 0.2) is 0 Å². The van der Waals surface area contributed by atoms with Gasteiger partial charge in [0.2, 0.25) is 0 Å². The number of rotatable bonds is 4. The second-order valence-corrected chi connectivity index (χ2v) is 10.2. The minimum absolute atomic E-state index is 0.104. The molecule has 4 heterocycles. The maximum Gasteiger partial charge on any atom is 0.573 e. The summed E-state index contributed by atoms with van der Waals surface area (Å²) in [7, 11) is 0. The van der Waals surface area contributed by atoms with E-state index in [-0.39, 0.29) is 17.9 Å². The highest BCUT2D eigenvalue weighted by Crippen LogP contribution is 2.45. The second kappa shape index (κ2) is 8.93. The summed E-state index contributed by atoms with van der Waals surface area (Å²) < 4.78 is 54.7. The van der Waals surface area contributed by atoms with Crippen LogP contribution in [-0.2, 0) is 4.74 Å². The number of para-hydroxylation sites is 1. The number of carbonyl (C=O) groups is 1. The van der Waals surface area contributed by atoms with Crippen LogP contribution in [0.1, 0.15) is 38.3 Å². The number of nitrogens with zero attached hydrogens (tertiary/aromatic N) is 1. The SMILES string of the molecule is CC1(C)COc2cc(-c3ccccc3OC(F)(F)F)ccc2C1NC(=O)O[C@H]1CN2CCC1CC2. The average Bonchev–Trinajstić information content (AvgIpc) is 2.81. The first kappa shape index (κ1) is 23.8. The molecule has 3 fully saturated rings.